The monoisotopic (exact) mass is 245 g/mol. The third kappa shape index (κ3) is 2.15. The summed E-state index contributed by atoms with van der Waals surface area (Å²) in [5.41, 5.74) is 0.326. The van der Waals surface area contributed by atoms with Gasteiger partial charge in [0.05, 0.1) is 11.0 Å². The number of rotatable bonds is 2. The SMILES string of the molecule is N#CC1CCCN1C(=O)c1ccc([N+](=O)[O-])cc1. The molecule has 0 N–H and O–H groups in total. The van der Waals surface area contributed by atoms with Crippen LogP contribution in [-0.2, 0) is 0 Å². The van der Waals surface area contributed by atoms with Gasteiger partial charge in [-0.05, 0) is 25.0 Å². The topological polar surface area (TPSA) is 87.2 Å². The van der Waals surface area contributed by atoms with E-state index >= 15 is 0 Å². The van der Waals surface area contributed by atoms with E-state index in [1.165, 1.54) is 29.2 Å². The number of amides is 1. The molecule has 1 amide bonds. The molecule has 6 heteroatoms. The van der Waals surface area contributed by atoms with E-state index in [2.05, 4.69) is 6.07 Å². The Morgan fingerprint density at radius 1 is 1.44 bits per heavy atom. The van der Waals surface area contributed by atoms with Gasteiger partial charge >= 0.3 is 0 Å². The number of hydrogen-bond acceptors (Lipinski definition) is 4. The minimum atomic E-state index is -0.512. The van der Waals surface area contributed by atoms with Gasteiger partial charge in [0.15, 0.2) is 0 Å². The first-order chi connectivity index (χ1) is 8.63. The predicted molar refractivity (Wildman–Crippen MR) is 62.8 cm³/mol. The number of benzene rings is 1. The highest BCUT2D eigenvalue weighted by atomic mass is 16.6. The fraction of sp³-hybridized carbons (Fsp3) is 0.333. The molecule has 1 atom stereocenters. The molecule has 1 aliphatic heterocycles. The van der Waals surface area contributed by atoms with Crippen molar-refractivity contribution in [3.05, 3.63) is 39.9 Å². The van der Waals surface area contributed by atoms with Gasteiger partial charge in [0.1, 0.15) is 6.04 Å². The van der Waals surface area contributed by atoms with Crippen LogP contribution in [0.25, 0.3) is 0 Å². The summed E-state index contributed by atoms with van der Waals surface area (Å²) in [5, 5.41) is 19.4. The molecule has 2 rings (SSSR count). The molecule has 0 saturated carbocycles. The summed E-state index contributed by atoms with van der Waals surface area (Å²) in [6, 6.07) is 7.15. The van der Waals surface area contributed by atoms with Crippen molar-refractivity contribution in [1.29, 1.82) is 5.26 Å². The summed E-state index contributed by atoms with van der Waals surface area (Å²) in [6.45, 7) is 0.564. The van der Waals surface area contributed by atoms with Crippen LogP contribution in [0, 0.1) is 21.4 Å². The number of hydrogen-bond donors (Lipinski definition) is 0. The summed E-state index contributed by atoms with van der Waals surface area (Å²) in [4.78, 5) is 23.6. The molecule has 1 heterocycles. The Balaban J connectivity index is 2.19. The van der Waals surface area contributed by atoms with Gasteiger partial charge in [0.25, 0.3) is 11.6 Å². The standard InChI is InChI=1S/C12H11N3O3/c13-8-11-2-1-7-14(11)12(16)9-3-5-10(6-4-9)15(17)18/h3-6,11H,1-2,7H2. The van der Waals surface area contributed by atoms with Crippen molar-refractivity contribution >= 4 is 11.6 Å². The van der Waals surface area contributed by atoms with Gasteiger partial charge < -0.3 is 4.90 Å². The Hall–Kier alpha value is -2.42. The number of non-ortho nitro benzene ring substituents is 1. The van der Waals surface area contributed by atoms with Crippen LogP contribution < -0.4 is 0 Å². The highest BCUT2D eigenvalue weighted by Gasteiger charge is 2.29. The highest BCUT2D eigenvalue weighted by molar-refractivity contribution is 5.95. The van der Waals surface area contributed by atoms with Crippen LogP contribution in [0.5, 0.6) is 0 Å². The van der Waals surface area contributed by atoms with E-state index in [9.17, 15) is 14.9 Å². The second-order valence-corrected chi connectivity index (χ2v) is 4.09. The first-order valence-electron chi connectivity index (χ1n) is 5.58. The Morgan fingerprint density at radius 2 is 2.11 bits per heavy atom. The minimum Gasteiger partial charge on any atom is -0.323 e. The molecule has 0 radical (unpaired) electrons. The van der Waals surface area contributed by atoms with Crippen molar-refractivity contribution in [3.63, 3.8) is 0 Å². The number of likely N-dealkylation sites (tertiary alicyclic amines) is 1. The zero-order valence-electron chi connectivity index (χ0n) is 9.57. The minimum absolute atomic E-state index is 0.0511. The normalized spacial score (nSPS) is 18.4. The Morgan fingerprint density at radius 3 is 2.67 bits per heavy atom. The number of nitriles is 1. The molecule has 1 aromatic rings. The van der Waals surface area contributed by atoms with Crippen LogP contribution in [0.4, 0.5) is 5.69 Å². The van der Waals surface area contributed by atoms with Gasteiger partial charge in [-0.3, -0.25) is 14.9 Å². The van der Waals surface area contributed by atoms with Crippen molar-refractivity contribution in [3.8, 4) is 6.07 Å². The fourth-order valence-corrected chi connectivity index (χ4v) is 2.04. The van der Waals surface area contributed by atoms with Crippen molar-refractivity contribution in [2.75, 3.05) is 6.54 Å². The van der Waals surface area contributed by atoms with Gasteiger partial charge in [-0.15, -0.1) is 0 Å². The molecule has 1 fully saturated rings. The molecule has 1 aromatic carbocycles. The molecule has 0 aliphatic carbocycles. The molecule has 1 unspecified atom stereocenters. The average molecular weight is 245 g/mol. The van der Waals surface area contributed by atoms with Crippen LogP contribution in [0.3, 0.4) is 0 Å². The van der Waals surface area contributed by atoms with Gasteiger partial charge in [-0.25, -0.2) is 0 Å². The van der Waals surface area contributed by atoms with Crippen molar-refractivity contribution in [2.45, 2.75) is 18.9 Å². The number of carbonyl (C=O) groups is 1. The van der Waals surface area contributed by atoms with Crippen LogP contribution in [0.1, 0.15) is 23.2 Å². The zero-order chi connectivity index (χ0) is 13.1. The fourth-order valence-electron chi connectivity index (χ4n) is 2.04. The molecular weight excluding hydrogens is 234 g/mol. The molecular formula is C12H11N3O3. The molecule has 92 valence electrons. The van der Waals surface area contributed by atoms with Crippen LogP contribution in [0.15, 0.2) is 24.3 Å². The van der Waals surface area contributed by atoms with Crippen LogP contribution >= 0.6 is 0 Å². The lowest BCUT2D eigenvalue weighted by molar-refractivity contribution is -0.384. The smallest absolute Gasteiger partial charge is 0.269 e. The summed E-state index contributed by atoms with van der Waals surface area (Å²) < 4.78 is 0. The van der Waals surface area contributed by atoms with Crippen molar-refractivity contribution < 1.29 is 9.72 Å². The predicted octanol–water partition coefficient (Wildman–Crippen LogP) is 1.72. The summed E-state index contributed by atoms with van der Waals surface area (Å²) in [5.74, 6) is -0.242. The molecule has 0 spiro atoms. The summed E-state index contributed by atoms with van der Waals surface area (Å²) in [6.07, 6.45) is 1.51. The Labute approximate surface area is 104 Å². The molecule has 18 heavy (non-hydrogen) atoms. The second-order valence-electron chi connectivity index (χ2n) is 4.09. The summed E-state index contributed by atoms with van der Waals surface area (Å²) in [7, 11) is 0. The van der Waals surface area contributed by atoms with Gasteiger partial charge in [0, 0.05) is 24.2 Å². The zero-order valence-corrected chi connectivity index (χ0v) is 9.57. The van der Waals surface area contributed by atoms with Crippen molar-refractivity contribution in [2.24, 2.45) is 0 Å². The quantitative estimate of drug-likeness (QED) is 0.586. The third-order valence-corrected chi connectivity index (χ3v) is 2.99. The van der Waals surface area contributed by atoms with E-state index in [4.69, 9.17) is 5.26 Å². The van der Waals surface area contributed by atoms with Gasteiger partial charge in [0.2, 0.25) is 0 Å². The number of carbonyl (C=O) groups excluding carboxylic acids is 1. The first-order valence-corrected chi connectivity index (χ1v) is 5.58. The maximum Gasteiger partial charge on any atom is 0.269 e. The number of nitro benzene ring substituents is 1. The molecule has 6 nitrogen and oxygen atoms in total. The molecule has 0 bridgehead atoms. The molecule has 1 aliphatic rings. The van der Waals surface area contributed by atoms with Gasteiger partial charge in [-0.2, -0.15) is 5.26 Å². The van der Waals surface area contributed by atoms with Crippen LogP contribution in [0.2, 0.25) is 0 Å². The third-order valence-electron chi connectivity index (χ3n) is 2.99. The maximum atomic E-state index is 12.1. The Bertz CT molecular complexity index is 518. The van der Waals surface area contributed by atoms with Crippen LogP contribution in [-0.4, -0.2) is 28.3 Å². The van der Waals surface area contributed by atoms with Gasteiger partial charge in [-0.1, -0.05) is 0 Å². The maximum absolute atomic E-state index is 12.1. The first kappa shape index (κ1) is 12.0. The lowest BCUT2D eigenvalue weighted by Crippen LogP contribution is -2.34. The van der Waals surface area contributed by atoms with E-state index in [1.807, 2.05) is 0 Å². The second kappa shape index (κ2) is 4.84. The highest BCUT2D eigenvalue weighted by Crippen LogP contribution is 2.20. The molecule has 0 aromatic heterocycles. The van der Waals surface area contributed by atoms with E-state index in [-0.39, 0.29) is 17.6 Å². The summed E-state index contributed by atoms with van der Waals surface area (Å²) >= 11 is 0. The molecule has 1 saturated heterocycles. The number of nitro groups is 1. The Kier molecular flexibility index (Phi) is 3.24. The van der Waals surface area contributed by atoms with E-state index in [0.717, 1.165) is 6.42 Å². The largest absolute Gasteiger partial charge is 0.323 e. The van der Waals surface area contributed by atoms with E-state index < -0.39 is 4.92 Å². The lowest BCUT2D eigenvalue weighted by Gasteiger charge is -2.19. The van der Waals surface area contributed by atoms with E-state index in [0.29, 0.717) is 18.5 Å². The lowest BCUT2D eigenvalue weighted by atomic mass is 10.1. The van der Waals surface area contributed by atoms with Crippen molar-refractivity contribution in [1.82, 2.24) is 4.90 Å². The average Bonchev–Trinajstić information content (AvgIpc) is 2.86. The number of nitrogens with zero attached hydrogens (tertiary/aromatic N) is 3. The van der Waals surface area contributed by atoms with E-state index in [1.54, 1.807) is 0 Å².